The molecule has 0 bridgehead atoms. The van der Waals surface area contributed by atoms with E-state index in [-0.39, 0.29) is 15.8 Å². The number of sulfonamides is 1. The maximum absolute atomic E-state index is 12.2. The molecule has 1 saturated heterocycles. The van der Waals surface area contributed by atoms with Crippen molar-refractivity contribution in [2.75, 3.05) is 19.6 Å². The predicted molar refractivity (Wildman–Crippen MR) is 81.4 cm³/mol. The topological polar surface area (TPSA) is 86.7 Å². The summed E-state index contributed by atoms with van der Waals surface area (Å²) in [7, 11) is -3.62. The van der Waals surface area contributed by atoms with Crippen LogP contribution in [0.25, 0.3) is 0 Å². The Kier molecular flexibility index (Phi) is 5.37. The van der Waals surface area contributed by atoms with Crippen molar-refractivity contribution in [2.45, 2.75) is 37.1 Å². The zero-order valence-electron chi connectivity index (χ0n) is 11.9. The third kappa shape index (κ3) is 4.26. The van der Waals surface area contributed by atoms with Gasteiger partial charge in [-0.3, -0.25) is 0 Å². The van der Waals surface area contributed by atoms with Crippen molar-refractivity contribution in [1.29, 1.82) is 0 Å². The van der Waals surface area contributed by atoms with Crippen molar-refractivity contribution in [3.8, 4) is 0 Å². The standard InChI is InChI=1S/C13H20N2O4S2/c1-2-5-15-6-3-10(4-7-15)14-21(18,19)11-8-12(13(16)17)20-9-11/h8-10,14H,2-7H2,1H3,(H,16,17). The summed E-state index contributed by atoms with van der Waals surface area (Å²) in [5, 5.41) is 10.2. The lowest BCUT2D eigenvalue weighted by molar-refractivity contribution is 0.0702. The molecule has 6 nitrogen and oxygen atoms in total. The maximum Gasteiger partial charge on any atom is 0.345 e. The number of hydrogen-bond acceptors (Lipinski definition) is 5. The molecule has 0 amide bonds. The van der Waals surface area contributed by atoms with Gasteiger partial charge in [-0.1, -0.05) is 6.92 Å². The highest BCUT2D eigenvalue weighted by atomic mass is 32.2. The Labute approximate surface area is 128 Å². The predicted octanol–water partition coefficient (Wildman–Crippen LogP) is 1.60. The molecule has 1 aliphatic heterocycles. The molecule has 1 fully saturated rings. The molecule has 0 saturated carbocycles. The number of nitrogens with one attached hydrogen (secondary N) is 1. The maximum atomic E-state index is 12.2. The highest BCUT2D eigenvalue weighted by Gasteiger charge is 2.25. The molecule has 1 aromatic rings. The molecule has 2 rings (SSSR count). The molecule has 2 N–H and O–H groups in total. The monoisotopic (exact) mass is 332 g/mol. The molecule has 118 valence electrons. The Morgan fingerprint density at radius 1 is 1.48 bits per heavy atom. The molecule has 0 aromatic carbocycles. The number of rotatable bonds is 6. The number of carboxylic acid groups (broad SMARTS) is 1. The minimum atomic E-state index is -3.62. The molecule has 1 aliphatic rings. The van der Waals surface area contributed by atoms with Gasteiger partial charge in [0.15, 0.2) is 0 Å². The number of nitrogens with zero attached hydrogens (tertiary/aromatic N) is 1. The van der Waals surface area contributed by atoms with Crippen LogP contribution in [0.1, 0.15) is 35.9 Å². The first-order valence-electron chi connectivity index (χ1n) is 6.99. The summed E-state index contributed by atoms with van der Waals surface area (Å²) in [4.78, 5) is 13.2. The second-order valence-corrected chi connectivity index (χ2v) is 7.81. The Morgan fingerprint density at radius 2 is 2.14 bits per heavy atom. The van der Waals surface area contributed by atoms with Gasteiger partial charge in [-0.2, -0.15) is 0 Å². The van der Waals surface area contributed by atoms with Crippen LogP contribution in [0, 0.1) is 0 Å². The SMILES string of the molecule is CCCN1CCC(NS(=O)(=O)c2csc(C(=O)O)c2)CC1. The van der Waals surface area contributed by atoms with Gasteiger partial charge < -0.3 is 10.0 Å². The van der Waals surface area contributed by atoms with E-state index in [0.29, 0.717) is 0 Å². The van der Waals surface area contributed by atoms with Gasteiger partial charge in [-0.05, 0) is 45.0 Å². The average molecular weight is 332 g/mol. The normalized spacial score (nSPS) is 18.0. The number of piperidine rings is 1. The molecular weight excluding hydrogens is 312 g/mol. The molecule has 0 atom stereocenters. The van der Waals surface area contributed by atoms with Gasteiger partial charge in [0, 0.05) is 11.4 Å². The van der Waals surface area contributed by atoms with Crippen molar-refractivity contribution in [3.05, 3.63) is 16.3 Å². The van der Waals surface area contributed by atoms with Crippen molar-refractivity contribution < 1.29 is 18.3 Å². The fourth-order valence-corrected chi connectivity index (χ4v) is 4.87. The Morgan fingerprint density at radius 3 is 2.67 bits per heavy atom. The van der Waals surface area contributed by atoms with Crippen molar-refractivity contribution in [3.63, 3.8) is 0 Å². The fraction of sp³-hybridized carbons (Fsp3) is 0.615. The van der Waals surface area contributed by atoms with Gasteiger partial charge in [0.1, 0.15) is 4.88 Å². The van der Waals surface area contributed by atoms with Crippen LogP contribution in [0.3, 0.4) is 0 Å². The summed E-state index contributed by atoms with van der Waals surface area (Å²) in [5.41, 5.74) is 0. The summed E-state index contributed by atoms with van der Waals surface area (Å²) < 4.78 is 27.2. The molecule has 8 heteroatoms. The van der Waals surface area contributed by atoms with Crippen LogP contribution in [-0.4, -0.2) is 50.1 Å². The van der Waals surface area contributed by atoms with Crippen LogP contribution in [-0.2, 0) is 10.0 Å². The van der Waals surface area contributed by atoms with Crippen molar-refractivity contribution in [2.24, 2.45) is 0 Å². The molecule has 0 spiro atoms. The first-order valence-corrected chi connectivity index (χ1v) is 9.35. The van der Waals surface area contributed by atoms with E-state index in [1.54, 1.807) is 0 Å². The number of likely N-dealkylation sites (tertiary alicyclic amines) is 1. The van der Waals surface area contributed by atoms with E-state index in [1.165, 1.54) is 11.4 Å². The highest BCUT2D eigenvalue weighted by Crippen LogP contribution is 2.21. The molecule has 1 aromatic heterocycles. The van der Waals surface area contributed by atoms with Crippen LogP contribution in [0.4, 0.5) is 0 Å². The first-order chi connectivity index (χ1) is 9.92. The van der Waals surface area contributed by atoms with E-state index in [9.17, 15) is 13.2 Å². The van der Waals surface area contributed by atoms with Crippen LogP contribution < -0.4 is 4.72 Å². The van der Waals surface area contributed by atoms with Gasteiger partial charge in [-0.25, -0.2) is 17.9 Å². The molecule has 21 heavy (non-hydrogen) atoms. The van der Waals surface area contributed by atoms with E-state index in [1.807, 2.05) is 0 Å². The lowest BCUT2D eigenvalue weighted by atomic mass is 10.1. The number of carbonyl (C=O) groups is 1. The summed E-state index contributed by atoms with van der Waals surface area (Å²) >= 11 is 0.927. The Hall–Kier alpha value is -0.960. The number of hydrogen-bond donors (Lipinski definition) is 2. The fourth-order valence-electron chi connectivity index (χ4n) is 2.45. The van der Waals surface area contributed by atoms with Gasteiger partial charge in [0.2, 0.25) is 10.0 Å². The third-order valence-corrected chi connectivity index (χ3v) is 6.11. The molecule has 2 heterocycles. The average Bonchev–Trinajstić information content (AvgIpc) is 2.92. The Balaban J connectivity index is 1.96. The highest BCUT2D eigenvalue weighted by molar-refractivity contribution is 7.89. The van der Waals surface area contributed by atoms with E-state index in [2.05, 4.69) is 16.5 Å². The zero-order valence-corrected chi connectivity index (χ0v) is 13.5. The van der Waals surface area contributed by atoms with Crippen LogP contribution in [0.15, 0.2) is 16.3 Å². The lowest BCUT2D eigenvalue weighted by Crippen LogP contribution is -2.44. The largest absolute Gasteiger partial charge is 0.477 e. The number of carboxylic acids is 1. The van der Waals surface area contributed by atoms with Crippen molar-refractivity contribution in [1.82, 2.24) is 9.62 Å². The molecular formula is C13H20N2O4S2. The van der Waals surface area contributed by atoms with E-state index in [4.69, 9.17) is 5.11 Å². The molecule has 0 radical (unpaired) electrons. The van der Waals surface area contributed by atoms with E-state index < -0.39 is 16.0 Å². The Bertz CT molecular complexity index is 589. The number of thiophene rings is 1. The van der Waals surface area contributed by atoms with Crippen molar-refractivity contribution >= 4 is 27.3 Å². The van der Waals surface area contributed by atoms with Gasteiger partial charge >= 0.3 is 5.97 Å². The van der Waals surface area contributed by atoms with Crippen LogP contribution >= 0.6 is 11.3 Å². The minimum Gasteiger partial charge on any atom is -0.477 e. The second-order valence-electron chi connectivity index (χ2n) is 5.19. The minimum absolute atomic E-state index is 0.0353. The van der Waals surface area contributed by atoms with Gasteiger partial charge in [0.05, 0.1) is 4.90 Å². The smallest absolute Gasteiger partial charge is 0.345 e. The van der Waals surface area contributed by atoms with E-state index >= 15 is 0 Å². The molecule has 0 unspecified atom stereocenters. The zero-order chi connectivity index (χ0) is 15.5. The van der Waals surface area contributed by atoms with Crippen LogP contribution in [0.5, 0.6) is 0 Å². The summed E-state index contributed by atoms with van der Waals surface area (Å²) in [5.74, 6) is -1.10. The quantitative estimate of drug-likeness (QED) is 0.826. The second kappa shape index (κ2) is 6.87. The summed E-state index contributed by atoms with van der Waals surface area (Å²) in [6.45, 7) is 4.97. The summed E-state index contributed by atoms with van der Waals surface area (Å²) in [6.07, 6.45) is 2.67. The third-order valence-electron chi connectivity index (χ3n) is 3.55. The summed E-state index contributed by atoms with van der Waals surface area (Å²) in [6, 6.07) is 1.14. The van der Waals surface area contributed by atoms with Gasteiger partial charge in [0.25, 0.3) is 0 Å². The molecule has 0 aliphatic carbocycles. The van der Waals surface area contributed by atoms with Crippen LogP contribution in [0.2, 0.25) is 0 Å². The van der Waals surface area contributed by atoms with Gasteiger partial charge in [-0.15, -0.1) is 11.3 Å². The first kappa shape index (κ1) is 16.4. The number of aromatic carboxylic acids is 1. The lowest BCUT2D eigenvalue weighted by Gasteiger charge is -2.31. The van der Waals surface area contributed by atoms with E-state index in [0.717, 1.165) is 50.2 Å².